The minimum absolute atomic E-state index is 0.00285. The number of benzene rings is 2. The first-order valence-electron chi connectivity index (χ1n) is 5.63. The van der Waals surface area contributed by atoms with Crippen LogP contribution >= 0.6 is 0 Å². The van der Waals surface area contributed by atoms with Gasteiger partial charge in [0.05, 0.1) is 15.4 Å². The summed E-state index contributed by atoms with van der Waals surface area (Å²) in [5.41, 5.74) is 6.17. The van der Waals surface area contributed by atoms with Gasteiger partial charge in [0.15, 0.2) is 0 Å². The molecule has 0 atom stereocenters. The zero-order valence-electron chi connectivity index (χ0n) is 10.3. The Hall–Kier alpha value is -2.14. The number of aryl methyl sites for hydroxylation is 1. The Morgan fingerprint density at radius 3 is 2.16 bits per heavy atom. The van der Waals surface area contributed by atoms with E-state index >= 15 is 0 Å². The van der Waals surface area contributed by atoms with Crippen LogP contribution in [-0.2, 0) is 9.84 Å². The van der Waals surface area contributed by atoms with Crippen LogP contribution in [0.25, 0.3) is 0 Å². The second kappa shape index (κ2) is 4.85. The maximum absolute atomic E-state index is 12.5. The van der Waals surface area contributed by atoms with Gasteiger partial charge >= 0.3 is 0 Å². The highest BCUT2D eigenvalue weighted by Crippen LogP contribution is 2.24. The Bertz CT molecular complexity index is 719. The van der Waals surface area contributed by atoms with Crippen molar-refractivity contribution in [2.45, 2.75) is 16.7 Å². The van der Waals surface area contributed by atoms with Crippen LogP contribution in [0.15, 0.2) is 58.3 Å². The molecule has 0 aliphatic heterocycles. The van der Waals surface area contributed by atoms with E-state index in [0.29, 0.717) is 0 Å². The van der Waals surface area contributed by atoms with Gasteiger partial charge < -0.3 is 5.73 Å². The molecule has 0 radical (unpaired) electrons. The molecular formula is C14H13NO3S. The summed E-state index contributed by atoms with van der Waals surface area (Å²) in [7, 11) is -3.73. The lowest BCUT2D eigenvalue weighted by Crippen LogP contribution is -2.16. The third-order valence-corrected chi connectivity index (χ3v) is 4.60. The molecule has 2 rings (SSSR count). The highest BCUT2D eigenvalue weighted by atomic mass is 32.2. The highest BCUT2D eigenvalue weighted by molar-refractivity contribution is 7.91. The van der Waals surface area contributed by atoms with E-state index in [9.17, 15) is 13.2 Å². The Morgan fingerprint density at radius 1 is 1.00 bits per heavy atom. The van der Waals surface area contributed by atoms with Gasteiger partial charge in [0, 0.05) is 0 Å². The first-order valence-corrected chi connectivity index (χ1v) is 7.12. The van der Waals surface area contributed by atoms with Crippen LogP contribution in [0, 0.1) is 6.92 Å². The van der Waals surface area contributed by atoms with E-state index in [2.05, 4.69) is 0 Å². The van der Waals surface area contributed by atoms with E-state index in [1.54, 1.807) is 24.3 Å². The van der Waals surface area contributed by atoms with Crippen molar-refractivity contribution in [2.24, 2.45) is 5.73 Å². The van der Waals surface area contributed by atoms with Gasteiger partial charge in [-0.25, -0.2) is 8.42 Å². The van der Waals surface area contributed by atoms with Crippen molar-refractivity contribution in [3.8, 4) is 0 Å². The van der Waals surface area contributed by atoms with Gasteiger partial charge in [-0.05, 0) is 31.2 Å². The fourth-order valence-electron chi connectivity index (χ4n) is 1.75. The van der Waals surface area contributed by atoms with E-state index in [4.69, 9.17) is 5.73 Å². The van der Waals surface area contributed by atoms with Gasteiger partial charge in [-0.3, -0.25) is 4.79 Å². The molecule has 0 heterocycles. The van der Waals surface area contributed by atoms with Crippen LogP contribution in [0.2, 0.25) is 0 Å². The zero-order valence-corrected chi connectivity index (χ0v) is 11.1. The van der Waals surface area contributed by atoms with Crippen molar-refractivity contribution >= 4 is 15.7 Å². The Morgan fingerprint density at radius 2 is 1.58 bits per heavy atom. The molecule has 0 unspecified atom stereocenters. The molecule has 1 amide bonds. The fourth-order valence-corrected chi connectivity index (χ4v) is 3.21. The maximum atomic E-state index is 12.5. The average molecular weight is 275 g/mol. The fraction of sp³-hybridized carbons (Fsp3) is 0.0714. The van der Waals surface area contributed by atoms with Crippen LogP contribution in [0.4, 0.5) is 0 Å². The second-order valence-electron chi connectivity index (χ2n) is 4.18. The van der Waals surface area contributed by atoms with E-state index in [1.807, 2.05) is 6.92 Å². The molecule has 98 valence electrons. The molecule has 4 nitrogen and oxygen atoms in total. The summed E-state index contributed by atoms with van der Waals surface area (Å²) in [4.78, 5) is 11.4. The molecule has 0 fully saturated rings. The standard InChI is InChI=1S/C14H13NO3S/c1-10-6-8-11(9-7-10)19(17,18)13-5-3-2-4-12(13)14(15)16/h2-9H,1H3,(H2,15,16). The number of hydrogen-bond acceptors (Lipinski definition) is 3. The lowest BCUT2D eigenvalue weighted by atomic mass is 10.2. The number of nitrogens with two attached hydrogens (primary N) is 1. The molecule has 19 heavy (non-hydrogen) atoms. The molecule has 0 aromatic heterocycles. The number of hydrogen-bond donors (Lipinski definition) is 1. The quantitative estimate of drug-likeness (QED) is 0.929. The maximum Gasteiger partial charge on any atom is 0.250 e. The second-order valence-corrected chi connectivity index (χ2v) is 6.10. The first-order chi connectivity index (χ1) is 8.93. The summed E-state index contributed by atoms with van der Waals surface area (Å²) in [6.45, 7) is 1.87. The molecule has 0 saturated carbocycles. The number of primary amides is 1. The number of amides is 1. The molecule has 2 N–H and O–H groups in total. The topological polar surface area (TPSA) is 77.2 Å². The molecule has 0 saturated heterocycles. The van der Waals surface area contributed by atoms with E-state index in [1.165, 1.54) is 24.3 Å². The van der Waals surface area contributed by atoms with Crippen molar-refractivity contribution in [3.63, 3.8) is 0 Å². The number of sulfone groups is 1. The van der Waals surface area contributed by atoms with Crippen LogP contribution in [0.5, 0.6) is 0 Å². The van der Waals surface area contributed by atoms with E-state index in [0.717, 1.165) is 5.56 Å². The smallest absolute Gasteiger partial charge is 0.250 e. The molecule has 2 aromatic carbocycles. The van der Waals surface area contributed by atoms with Crippen molar-refractivity contribution < 1.29 is 13.2 Å². The van der Waals surface area contributed by atoms with Gasteiger partial charge in [0.1, 0.15) is 0 Å². The molecule has 0 aliphatic carbocycles. The van der Waals surface area contributed by atoms with Crippen LogP contribution < -0.4 is 5.73 Å². The lowest BCUT2D eigenvalue weighted by Gasteiger charge is -2.08. The van der Waals surface area contributed by atoms with Crippen molar-refractivity contribution in [1.29, 1.82) is 0 Å². The summed E-state index contributed by atoms with van der Waals surface area (Å²) in [6, 6.07) is 12.4. The molecule has 5 heteroatoms. The Kier molecular flexibility index (Phi) is 3.40. The summed E-state index contributed by atoms with van der Waals surface area (Å²) in [5, 5.41) is 0. The highest BCUT2D eigenvalue weighted by Gasteiger charge is 2.22. The van der Waals surface area contributed by atoms with Gasteiger partial charge in [0.25, 0.3) is 0 Å². The first kappa shape index (κ1) is 13.3. The van der Waals surface area contributed by atoms with Gasteiger partial charge in [-0.1, -0.05) is 29.8 Å². The number of rotatable bonds is 3. The summed E-state index contributed by atoms with van der Waals surface area (Å²) >= 11 is 0. The Balaban J connectivity index is 2.63. The van der Waals surface area contributed by atoms with Crippen LogP contribution in [0.1, 0.15) is 15.9 Å². The number of carbonyl (C=O) groups is 1. The van der Waals surface area contributed by atoms with Crippen LogP contribution in [-0.4, -0.2) is 14.3 Å². The largest absolute Gasteiger partial charge is 0.366 e. The molecule has 2 aromatic rings. The minimum Gasteiger partial charge on any atom is -0.366 e. The van der Waals surface area contributed by atoms with Crippen molar-refractivity contribution in [3.05, 3.63) is 59.7 Å². The molecule has 0 spiro atoms. The SMILES string of the molecule is Cc1ccc(S(=O)(=O)c2ccccc2C(N)=O)cc1. The normalized spacial score (nSPS) is 11.2. The summed E-state index contributed by atoms with van der Waals surface area (Å²) in [5.74, 6) is -0.758. The lowest BCUT2D eigenvalue weighted by molar-refractivity contribution is 0.0997. The number of carbonyl (C=O) groups excluding carboxylic acids is 1. The molecule has 0 aliphatic rings. The third kappa shape index (κ3) is 2.51. The average Bonchev–Trinajstić information content (AvgIpc) is 2.39. The predicted molar refractivity (Wildman–Crippen MR) is 71.6 cm³/mol. The van der Waals surface area contributed by atoms with Crippen LogP contribution in [0.3, 0.4) is 0 Å². The predicted octanol–water partition coefficient (Wildman–Crippen LogP) is 1.93. The third-order valence-electron chi connectivity index (χ3n) is 2.77. The summed E-state index contributed by atoms with van der Waals surface area (Å²) < 4.78 is 24.9. The zero-order chi connectivity index (χ0) is 14.0. The van der Waals surface area contributed by atoms with E-state index in [-0.39, 0.29) is 15.4 Å². The molecule has 0 bridgehead atoms. The van der Waals surface area contributed by atoms with Gasteiger partial charge in [-0.15, -0.1) is 0 Å². The van der Waals surface area contributed by atoms with Gasteiger partial charge in [-0.2, -0.15) is 0 Å². The van der Waals surface area contributed by atoms with Crippen molar-refractivity contribution in [2.75, 3.05) is 0 Å². The van der Waals surface area contributed by atoms with Gasteiger partial charge in [0.2, 0.25) is 15.7 Å². The Labute approximate surface area is 111 Å². The van der Waals surface area contributed by atoms with Crippen molar-refractivity contribution in [1.82, 2.24) is 0 Å². The monoisotopic (exact) mass is 275 g/mol. The van der Waals surface area contributed by atoms with E-state index < -0.39 is 15.7 Å². The minimum atomic E-state index is -3.73. The summed E-state index contributed by atoms with van der Waals surface area (Å²) in [6.07, 6.45) is 0. The molecular weight excluding hydrogens is 262 g/mol.